The molecule has 1 aromatic carbocycles. The van der Waals surface area contributed by atoms with Gasteiger partial charge in [0.1, 0.15) is 17.7 Å². The number of hydrogen-bond acceptors (Lipinski definition) is 3. The number of alkyl halides is 7. The normalized spacial score (nSPS) is 24.0. The molecule has 1 unspecified atom stereocenters. The first kappa shape index (κ1) is 20.2. The van der Waals surface area contributed by atoms with Gasteiger partial charge in [-0.25, -0.2) is 0 Å². The summed E-state index contributed by atoms with van der Waals surface area (Å²) in [5.41, 5.74) is 4.76. The molecule has 1 aromatic rings. The Balaban J connectivity index is 1.79. The van der Waals surface area contributed by atoms with Crippen molar-refractivity contribution in [1.29, 1.82) is 0 Å². The third-order valence-electron chi connectivity index (χ3n) is 4.08. The number of hydrogen-bond donors (Lipinski definition) is 1. The summed E-state index contributed by atoms with van der Waals surface area (Å²) in [6.07, 6.45) is -13.7. The van der Waals surface area contributed by atoms with E-state index in [-0.39, 0.29) is 23.4 Å². The minimum atomic E-state index is -4.87. The Labute approximate surface area is 154 Å². The van der Waals surface area contributed by atoms with Gasteiger partial charge in [0, 0.05) is 12.0 Å². The highest BCUT2D eigenvalue weighted by Gasteiger charge is 2.66. The SMILES string of the molecule is NC(=NCc1ccccc1C(F)(F)F)C1=CCC2OC(F)(F)C(F)(F)OC2=C1. The molecule has 0 radical (unpaired) electrons. The van der Waals surface area contributed by atoms with E-state index in [4.69, 9.17) is 5.73 Å². The minimum absolute atomic E-state index is 0.0559. The van der Waals surface area contributed by atoms with Crippen LogP contribution in [-0.2, 0) is 22.2 Å². The molecule has 1 saturated heterocycles. The van der Waals surface area contributed by atoms with Crippen molar-refractivity contribution in [3.05, 3.63) is 58.9 Å². The quantitative estimate of drug-likeness (QED) is 0.457. The van der Waals surface area contributed by atoms with Crippen LogP contribution in [-0.4, -0.2) is 24.2 Å². The zero-order chi connectivity index (χ0) is 20.7. The lowest BCUT2D eigenvalue weighted by molar-refractivity contribution is -0.456. The van der Waals surface area contributed by atoms with Gasteiger partial charge in [0.05, 0.1) is 12.1 Å². The van der Waals surface area contributed by atoms with Crippen LogP contribution in [0.4, 0.5) is 30.7 Å². The molecule has 2 aliphatic rings. The van der Waals surface area contributed by atoms with E-state index in [0.717, 1.165) is 12.1 Å². The van der Waals surface area contributed by atoms with Crippen molar-refractivity contribution < 1.29 is 40.2 Å². The maximum absolute atomic E-state index is 13.3. The number of fused-ring (bicyclic) bond motifs is 1. The summed E-state index contributed by atoms with van der Waals surface area (Å²) < 4.78 is 100.0. The molecular formula is C17H13F7N2O2. The van der Waals surface area contributed by atoms with Crippen molar-refractivity contribution in [1.82, 2.24) is 0 Å². The lowest BCUT2D eigenvalue weighted by Gasteiger charge is -2.37. The highest BCUT2D eigenvalue weighted by Crippen LogP contribution is 2.46. The molecule has 1 heterocycles. The van der Waals surface area contributed by atoms with E-state index in [1.54, 1.807) is 0 Å². The molecule has 0 aromatic heterocycles. The number of benzene rings is 1. The standard InChI is InChI=1S/C17H13F7N2O2/c18-15(19,20)11-4-2-1-3-10(11)8-26-14(25)9-5-6-12-13(7-9)28-17(23,24)16(21,22)27-12/h1-5,7,12H,6,8H2,(H2,25,26). The molecule has 0 spiro atoms. The van der Waals surface area contributed by atoms with Gasteiger partial charge in [0.2, 0.25) is 0 Å². The minimum Gasteiger partial charge on any atom is -0.428 e. The number of aliphatic imine (C=N–C) groups is 1. The largest absolute Gasteiger partial charge is 0.493 e. The van der Waals surface area contributed by atoms with Crippen molar-refractivity contribution >= 4 is 5.84 Å². The Hall–Kier alpha value is -2.56. The van der Waals surface area contributed by atoms with Crippen molar-refractivity contribution in [2.45, 2.75) is 37.5 Å². The molecule has 1 fully saturated rings. The lowest BCUT2D eigenvalue weighted by atomic mass is 10.0. The third-order valence-corrected chi connectivity index (χ3v) is 4.08. The van der Waals surface area contributed by atoms with E-state index in [2.05, 4.69) is 14.5 Å². The number of ether oxygens (including phenoxy) is 2. The van der Waals surface area contributed by atoms with Crippen LogP contribution >= 0.6 is 0 Å². The Morgan fingerprint density at radius 2 is 1.82 bits per heavy atom. The summed E-state index contributed by atoms with van der Waals surface area (Å²) in [6, 6.07) is 4.75. The maximum Gasteiger partial charge on any atom is 0.493 e. The Bertz CT molecular complexity index is 859. The van der Waals surface area contributed by atoms with E-state index >= 15 is 0 Å². The second-order valence-corrected chi connectivity index (χ2v) is 6.04. The zero-order valence-corrected chi connectivity index (χ0v) is 13.9. The smallest absolute Gasteiger partial charge is 0.428 e. The fourth-order valence-corrected chi connectivity index (χ4v) is 2.69. The molecule has 1 aliphatic carbocycles. The fraction of sp³-hybridized carbons (Fsp3) is 0.353. The molecule has 2 N–H and O–H groups in total. The third kappa shape index (κ3) is 3.84. The molecule has 0 saturated carbocycles. The predicted molar refractivity (Wildman–Crippen MR) is 83.4 cm³/mol. The molecule has 11 heteroatoms. The Morgan fingerprint density at radius 3 is 2.50 bits per heavy atom. The van der Waals surface area contributed by atoms with Gasteiger partial charge in [-0.2, -0.15) is 30.7 Å². The molecule has 4 nitrogen and oxygen atoms in total. The molecule has 0 amide bonds. The van der Waals surface area contributed by atoms with E-state index in [0.29, 0.717) is 0 Å². The molecule has 1 atom stereocenters. The van der Waals surface area contributed by atoms with Gasteiger partial charge < -0.3 is 15.2 Å². The van der Waals surface area contributed by atoms with Crippen LogP contribution in [0.3, 0.4) is 0 Å². The highest BCUT2D eigenvalue weighted by atomic mass is 19.4. The van der Waals surface area contributed by atoms with Crippen LogP contribution in [0.2, 0.25) is 0 Å². The topological polar surface area (TPSA) is 56.8 Å². The first-order valence-electron chi connectivity index (χ1n) is 7.90. The molecule has 0 bridgehead atoms. The van der Waals surface area contributed by atoms with Crippen molar-refractivity contribution in [2.24, 2.45) is 10.7 Å². The second kappa shape index (κ2) is 6.80. The Morgan fingerprint density at radius 1 is 1.14 bits per heavy atom. The summed E-state index contributed by atoms with van der Waals surface area (Å²) in [7, 11) is 0. The fourth-order valence-electron chi connectivity index (χ4n) is 2.69. The van der Waals surface area contributed by atoms with Crippen molar-refractivity contribution in [2.75, 3.05) is 0 Å². The van der Waals surface area contributed by atoms with Gasteiger partial charge in [0.25, 0.3) is 0 Å². The van der Waals surface area contributed by atoms with Crippen molar-refractivity contribution in [3.8, 4) is 0 Å². The predicted octanol–water partition coefficient (Wildman–Crippen LogP) is 4.38. The second-order valence-electron chi connectivity index (χ2n) is 6.04. The van der Waals surface area contributed by atoms with Crippen LogP contribution in [0.1, 0.15) is 17.5 Å². The Kier molecular flexibility index (Phi) is 4.90. The van der Waals surface area contributed by atoms with E-state index in [9.17, 15) is 30.7 Å². The number of halogens is 7. The average Bonchev–Trinajstić information content (AvgIpc) is 2.59. The van der Waals surface area contributed by atoms with Gasteiger partial charge in [0.15, 0.2) is 0 Å². The van der Waals surface area contributed by atoms with Gasteiger partial charge in [-0.1, -0.05) is 24.3 Å². The molecule has 152 valence electrons. The molecular weight excluding hydrogens is 397 g/mol. The monoisotopic (exact) mass is 410 g/mol. The van der Waals surface area contributed by atoms with Crippen LogP contribution in [0, 0.1) is 0 Å². The van der Waals surface area contributed by atoms with E-state index in [1.165, 1.54) is 24.3 Å². The number of nitrogens with two attached hydrogens (primary N) is 1. The molecule has 1 aliphatic heterocycles. The average molecular weight is 410 g/mol. The molecule has 28 heavy (non-hydrogen) atoms. The highest BCUT2D eigenvalue weighted by molar-refractivity contribution is 5.99. The number of rotatable bonds is 3. The van der Waals surface area contributed by atoms with Crippen LogP contribution in [0.25, 0.3) is 0 Å². The summed E-state index contributed by atoms with van der Waals surface area (Å²) >= 11 is 0. The van der Waals surface area contributed by atoms with Crippen molar-refractivity contribution in [3.63, 3.8) is 0 Å². The summed E-state index contributed by atoms with van der Waals surface area (Å²) in [5, 5.41) is 0. The summed E-state index contributed by atoms with van der Waals surface area (Å²) in [6.45, 7) is -0.420. The van der Waals surface area contributed by atoms with Crippen LogP contribution < -0.4 is 5.73 Å². The maximum atomic E-state index is 13.3. The van der Waals surface area contributed by atoms with Crippen LogP contribution in [0.5, 0.6) is 0 Å². The lowest BCUT2D eigenvalue weighted by Crippen LogP contribution is -2.53. The van der Waals surface area contributed by atoms with Crippen LogP contribution in [0.15, 0.2) is 52.7 Å². The van der Waals surface area contributed by atoms with Gasteiger partial charge in [-0.05, 0) is 17.7 Å². The molecule has 3 rings (SSSR count). The zero-order valence-electron chi connectivity index (χ0n) is 13.9. The first-order valence-corrected chi connectivity index (χ1v) is 7.90. The number of amidine groups is 1. The summed E-state index contributed by atoms with van der Waals surface area (Å²) in [5.74, 6) is -0.825. The number of nitrogens with zero attached hydrogens (tertiary/aromatic N) is 1. The van der Waals surface area contributed by atoms with E-state index < -0.39 is 42.4 Å². The van der Waals surface area contributed by atoms with Gasteiger partial charge in [-0.15, -0.1) is 0 Å². The first-order chi connectivity index (χ1) is 12.9. The summed E-state index contributed by atoms with van der Waals surface area (Å²) in [4.78, 5) is 3.84. The van der Waals surface area contributed by atoms with E-state index in [1.807, 2.05) is 0 Å². The van der Waals surface area contributed by atoms with Gasteiger partial charge in [-0.3, -0.25) is 4.99 Å². The van der Waals surface area contributed by atoms with Gasteiger partial charge >= 0.3 is 18.4 Å².